The van der Waals surface area contributed by atoms with E-state index in [0.717, 1.165) is 45.2 Å². The van der Waals surface area contributed by atoms with Crippen LogP contribution in [0, 0.1) is 5.92 Å². The molecule has 1 aliphatic carbocycles. The molecule has 6 heteroatoms. The molecule has 1 saturated carbocycles. The van der Waals surface area contributed by atoms with Crippen LogP contribution >= 0.6 is 0 Å². The van der Waals surface area contributed by atoms with Gasteiger partial charge >= 0.3 is 11.8 Å². The van der Waals surface area contributed by atoms with Gasteiger partial charge in [-0.3, -0.25) is 14.5 Å². The highest BCUT2D eigenvalue weighted by molar-refractivity contribution is 6.35. The molecule has 0 bridgehead atoms. The summed E-state index contributed by atoms with van der Waals surface area (Å²) in [7, 11) is 0. The Kier molecular flexibility index (Phi) is 7.66. The highest BCUT2D eigenvalue weighted by Crippen LogP contribution is 2.25. The maximum atomic E-state index is 11.7. The Hall–Kier alpha value is -1.14. The van der Waals surface area contributed by atoms with Gasteiger partial charge in [0.1, 0.15) is 0 Å². The Labute approximate surface area is 132 Å². The number of nitrogens with zero attached hydrogens (tertiary/aromatic N) is 1. The fraction of sp³-hybridized carbons (Fsp3) is 0.875. The van der Waals surface area contributed by atoms with Gasteiger partial charge in [-0.25, -0.2) is 0 Å². The Balaban J connectivity index is 1.51. The number of rotatable bonds is 6. The standard InChI is InChI=1S/C16H29N3O3/c20-15(17-7-6-14-4-2-1-3-5-14)16(21)18-8-9-19-10-12-22-13-11-19/h14H,1-13H2,(H,17,20)(H,18,21). The van der Waals surface area contributed by atoms with Crippen molar-refractivity contribution < 1.29 is 14.3 Å². The summed E-state index contributed by atoms with van der Waals surface area (Å²) in [5, 5.41) is 5.42. The smallest absolute Gasteiger partial charge is 0.309 e. The maximum absolute atomic E-state index is 11.7. The van der Waals surface area contributed by atoms with Gasteiger partial charge in [0.05, 0.1) is 13.2 Å². The average Bonchev–Trinajstić information content (AvgIpc) is 2.56. The molecule has 2 aliphatic rings. The molecule has 0 unspecified atom stereocenters. The first-order valence-corrected chi connectivity index (χ1v) is 8.62. The van der Waals surface area contributed by atoms with E-state index in [4.69, 9.17) is 4.74 Å². The highest BCUT2D eigenvalue weighted by atomic mass is 16.5. The van der Waals surface area contributed by atoms with E-state index in [-0.39, 0.29) is 0 Å². The molecule has 2 amide bonds. The van der Waals surface area contributed by atoms with Crippen molar-refractivity contribution in [2.24, 2.45) is 5.92 Å². The molecule has 2 N–H and O–H groups in total. The summed E-state index contributed by atoms with van der Waals surface area (Å²) in [5.74, 6) is -0.298. The molecule has 0 aromatic carbocycles. The molecule has 6 nitrogen and oxygen atoms in total. The third kappa shape index (κ3) is 6.32. The SMILES string of the molecule is O=C(NCCC1CCCCC1)C(=O)NCCN1CCOCC1. The van der Waals surface area contributed by atoms with Crippen LogP contribution in [0.15, 0.2) is 0 Å². The molecule has 2 fully saturated rings. The van der Waals surface area contributed by atoms with Gasteiger partial charge in [0.2, 0.25) is 0 Å². The number of hydrogen-bond donors (Lipinski definition) is 2. The minimum Gasteiger partial charge on any atom is -0.379 e. The molecule has 22 heavy (non-hydrogen) atoms. The van der Waals surface area contributed by atoms with E-state index < -0.39 is 11.8 Å². The number of carbonyl (C=O) groups is 2. The summed E-state index contributed by atoms with van der Waals surface area (Å²) >= 11 is 0. The molecule has 1 aliphatic heterocycles. The van der Waals surface area contributed by atoms with Crippen molar-refractivity contribution in [2.75, 3.05) is 45.9 Å². The van der Waals surface area contributed by atoms with Crippen molar-refractivity contribution in [1.29, 1.82) is 0 Å². The van der Waals surface area contributed by atoms with Gasteiger partial charge in [0, 0.05) is 32.7 Å². The molecule has 0 atom stereocenters. The van der Waals surface area contributed by atoms with E-state index in [2.05, 4.69) is 15.5 Å². The molecule has 2 rings (SSSR count). The van der Waals surface area contributed by atoms with Gasteiger partial charge in [-0.15, -0.1) is 0 Å². The molecule has 1 heterocycles. The summed E-state index contributed by atoms with van der Waals surface area (Å²) in [5.41, 5.74) is 0. The zero-order valence-corrected chi connectivity index (χ0v) is 13.4. The fourth-order valence-electron chi connectivity index (χ4n) is 3.18. The van der Waals surface area contributed by atoms with E-state index in [0.29, 0.717) is 13.1 Å². The topological polar surface area (TPSA) is 70.7 Å². The third-order valence-electron chi connectivity index (χ3n) is 4.59. The van der Waals surface area contributed by atoms with E-state index in [1.54, 1.807) is 0 Å². The first kappa shape index (κ1) is 17.2. The van der Waals surface area contributed by atoms with Crippen molar-refractivity contribution in [2.45, 2.75) is 38.5 Å². The Morgan fingerprint density at radius 3 is 2.27 bits per heavy atom. The molecule has 0 radical (unpaired) electrons. The minimum absolute atomic E-state index is 0.502. The van der Waals surface area contributed by atoms with Crippen molar-refractivity contribution in [1.82, 2.24) is 15.5 Å². The van der Waals surface area contributed by atoms with Gasteiger partial charge in [0.15, 0.2) is 0 Å². The number of carbonyl (C=O) groups excluding carboxylic acids is 2. The summed E-state index contributed by atoms with van der Waals surface area (Å²) < 4.78 is 5.27. The van der Waals surface area contributed by atoms with Gasteiger partial charge < -0.3 is 15.4 Å². The summed E-state index contributed by atoms with van der Waals surface area (Å²) in [6.07, 6.45) is 7.48. The molecular weight excluding hydrogens is 282 g/mol. The van der Waals surface area contributed by atoms with Crippen LogP contribution in [-0.2, 0) is 14.3 Å². The second-order valence-corrected chi connectivity index (χ2v) is 6.26. The van der Waals surface area contributed by atoms with Gasteiger partial charge in [-0.05, 0) is 12.3 Å². The summed E-state index contributed by atoms with van der Waals surface area (Å²) in [4.78, 5) is 25.6. The summed E-state index contributed by atoms with van der Waals surface area (Å²) in [6.45, 7) is 5.16. The second kappa shape index (κ2) is 9.79. The molecule has 0 aromatic rings. The summed E-state index contributed by atoms with van der Waals surface area (Å²) in [6, 6.07) is 0. The first-order valence-electron chi connectivity index (χ1n) is 8.62. The fourth-order valence-corrected chi connectivity index (χ4v) is 3.18. The van der Waals surface area contributed by atoms with Crippen molar-refractivity contribution in [3.05, 3.63) is 0 Å². The predicted octanol–water partition coefficient (Wildman–Crippen LogP) is 0.521. The van der Waals surface area contributed by atoms with Gasteiger partial charge in [-0.1, -0.05) is 32.1 Å². The predicted molar refractivity (Wildman–Crippen MR) is 84.5 cm³/mol. The van der Waals surface area contributed by atoms with E-state index in [9.17, 15) is 9.59 Å². The first-order chi connectivity index (χ1) is 10.8. The number of nitrogens with one attached hydrogen (secondary N) is 2. The molecule has 0 spiro atoms. The van der Waals surface area contributed by atoms with Crippen LogP contribution in [0.25, 0.3) is 0 Å². The van der Waals surface area contributed by atoms with Crippen LogP contribution < -0.4 is 10.6 Å². The quantitative estimate of drug-likeness (QED) is 0.702. The van der Waals surface area contributed by atoms with Crippen LogP contribution in [0.2, 0.25) is 0 Å². The molecule has 1 saturated heterocycles. The Morgan fingerprint density at radius 1 is 0.955 bits per heavy atom. The number of ether oxygens (including phenoxy) is 1. The molecule has 0 aromatic heterocycles. The van der Waals surface area contributed by atoms with Crippen LogP contribution in [0.4, 0.5) is 0 Å². The lowest BCUT2D eigenvalue weighted by atomic mass is 9.87. The lowest BCUT2D eigenvalue weighted by molar-refractivity contribution is -0.139. The van der Waals surface area contributed by atoms with E-state index >= 15 is 0 Å². The number of hydrogen-bond acceptors (Lipinski definition) is 4. The van der Waals surface area contributed by atoms with Crippen molar-refractivity contribution in [3.63, 3.8) is 0 Å². The van der Waals surface area contributed by atoms with E-state index in [1.165, 1.54) is 32.1 Å². The van der Waals surface area contributed by atoms with Crippen molar-refractivity contribution >= 4 is 11.8 Å². The zero-order chi connectivity index (χ0) is 15.6. The third-order valence-corrected chi connectivity index (χ3v) is 4.59. The lowest BCUT2D eigenvalue weighted by Crippen LogP contribution is -2.45. The van der Waals surface area contributed by atoms with Gasteiger partial charge in [0.25, 0.3) is 0 Å². The molecule has 126 valence electrons. The number of morpholine rings is 1. The minimum atomic E-state index is -0.517. The largest absolute Gasteiger partial charge is 0.379 e. The van der Waals surface area contributed by atoms with Crippen molar-refractivity contribution in [3.8, 4) is 0 Å². The highest BCUT2D eigenvalue weighted by Gasteiger charge is 2.16. The lowest BCUT2D eigenvalue weighted by Gasteiger charge is -2.26. The molecular formula is C16H29N3O3. The average molecular weight is 311 g/mol. The maximum Gasteiger partial charge on any atom is 0.309 e. The second-order valence-electron chi connectivity index (χ2n) is 6.26. The normalized spacial score (nSPS) is 20.5. The monoisotopic (exact) mass is 311 g/mol. The van der Waals surface area contributed by atoms with Crippen LogP contribution in [-0.4, -0.2) is 62.7 Å². The van der Waals surface area contributed by atoms with Crippen LogP contribution in [0.3, 0.4) is 0 Å². The van der Waals surface area contributed by atoms with Gasteiger partial charge in [-0.2, -0.15) is 0 Å². The Morgan fingerprint density at radius 2 is 1.59 bits per heavy atom. The van der Waals surface area contributed by atoms with Crippen LogP contribution in [0.5, 0.6) is 0 Å². The van der Waals surface area contributed by atoms with Crippen LogP contribution in [0.1, 0.15) is 38.5 Å². The zero-order valence-electron chi connectivity index (χ0n) is 13.4. The Bertz CT molecular complexity index is 317. The van der Waals surface area contributed by atoms with E-state index in [1.807, 2.05) is 0 Å². The number of amides is 2.